The number of fused-ring (bicyclic) bond motifs is 1. The van der Waals surface area contributed by atoms with E-state index < -0.39 is 12.3 Å². The molecule has 1 aromatic carbocycles. The molecule has 1 amide bonds. The number of pyridine rings is 1. The number of benzene rings is 1. The van der Waals surface area contributed by atoms with E-state index >= 15 is 0 Å². The molecule has 0 aliphatic heterocycles. The first-order valence-electron chi connectivity index (χ1n) is 8.74. The quantitative estimate of drug-likeness (QED) is 0.379. The summed E-state index contributed by atoms with van der Waals surface area (Å²) in [6.45, 7) is 1.79. The SMILES string of the molecule is Cc1cc(CSc2ncccc2C(=O)Nc2nc3ccc(OC(F)(F)F)cc3s2)no1. The first-order chi connectivity index (χ1) is 14.8. The van der Waals surface area contributed by atoms with Gasteiger partial charge < -0.3 is 9.26 Å². The number of alkyl halides is 3. The fourth-order valence-corrected chi connectivity index (χ4v) is 4.39. The molecule has 0 saturated heterocycles. The van der Waals surface area contributed by atoms with Crippen LogP contribution in [-0.2, 0) is 5.75 Å². The molecule has 0 fully saturated rings. The Balaban J connectivity index is 1.49. The van der Waals surface area contributed by atoms with Crippen LogP contribution < -0.4 is 10.1 Å². The summed E-state index contributed by atoms with van der Waals surface area (Å²) < 4.78 is 46.6. The molecule has 12 heteroatoms. The molecule has 7 nitrogen and oxygen atoms in total. The molecular formula is C19H13F3N4O3S2. The minimum Gasteiger partial charge on any atom is -0.406 e. The van der Waals surface area contributed by atoms with Gasteiger partial charge in [0.25, 0.3) is 5.91 Å². The zero-order valence-electron chi connectivity index (χ0n) is 15.8. The van der Waals surface area contributed by atoms with Crippen LogP contribution in [0.4, 0.5) is 18.3 Å². The van der Waals surface area contributed by atoms with Gasteiger partial charge in [-0.15, -0.1) is 13.2 Å². The lowest BCUT2D eigenvalue weighted by Crippen LogP contribution is -2.16. The van der Waals surface area contributed by atoms with E-state index in [0.29, 0.717) is 32.3 Å². The average molecular weight is 466 g/mol. The van der Waals surface area contributed by atoms with Gasteiger partial charge in [0.2, 0.25) is 0 Å². The van der Waals surface area contributed by atoms with E-state index in [9.17, 15) is 18.0 Å². The van der Waals surface area contributed by atoms with Crippen molar-refractivity contribution in [1.29, 1.82) is 0 Å². The molecule has 0 aliphatic carbocycles. The van der Waals surface area contributed by atoms with Crippen LogP contribution in [0.15, 0.2) is 52.1 Å². The summed E-state index contributed by atoms with van der Waals surface area (Å²) in [5.74, 6) is 0.375. The van der Waals surface area contributed by atoms with Gasteiger partial charge in [-0.1, -0.05) is 28.3 Å². The lowest BCUT2D eigenvalue weighted by atomic mass is 10.3. The highest BCUT2D eigenvalue weighted by molar-refractivity contribution is 7.98. The van der Waals surface area contributed by atoms with Crippen LogP contribution in [0.5, 0.6) is 5.75 Å². The van der Waals surface area contributed by atoms with Gasteiger partial charge in [-0.3, -0.25) is 10.1 Å². The van der Waals surface area contributed by atoms with Gasteiger partial charge in [0, 0.05) is 24.1 Å². The number of ether oxygens (including phenoxy) is 1. The van der Waals surface area contributed by atoms with Gasteiger partial charge in [0.15, 0.2) is 5.13 Å². The van der Waals surface area contributed by atoms with Crippen LogP contribution in [0.25, 0.3) is 10.2 Å². The average Bonchev–Trinajstić information content (AvgIpc) is 3.30. The maximum atomic E-state index is 12.8. The summed E-state index contributed by atoms with van der Waals surface area (Å²) in [5.41, 5.74) is 1.51. The number of nitrogens with one attached hydrogen (secondary N) is 1. The summed E-state index contributed by atoms with van der Waals surface area (Å²) in [6, 6.07) is 8.85. The number of hydrogen-bond donors (Lipinski definition) is 1. The van der Waals surface area contributed by atoms with E-state index in [1.165, 1.54) is 30.0 Å². The maximum Gasteiger partial charge on any atom is 0.573 e. The first-order valence-corrected chi connectivity index (χ1v) is 10.5. The Morgan fingerprint density at radius 2 is 2.13 bits per heavy atom. The standard InChI is InChI=1S/C19H13F3N4O3S2/c1-10-7-11(26-29-10)9-30-17-13(3-2-6-23-17)16(27)25-18-24-14-5-4-12(8-15(14)31-18)28-19(20,21)22/h2-8H,9H2,1H3,(H,24,25,27). The Bertz CT molecular complexity index is 1240. The van der Waals surface area contributed by atoms with Crippen molar-refractivity contribution in [2.24, 2.45) is 0 Å². The number of nitrogens with zero attached hydrogens (tertiary/aromatic N) is 3. The Labute approximate surface area is 181 Å². The number of thiazole rings is 1. The number of hydrogen-bond acceptors (Lipinski definition) is 8. The number of anilines is 1. The molecule has 3 aromatic heterocycles. The van der Waals surface area contributed by atoms with E-state index in [1.54, 1.807) is 31.3 Å². The topological polar surface area (TPSA) is 90.1 Å². The van der Waals surface area contributed by atoms with E-state index in [-0.39, 0.29) is 10.9 Å². The summed E-state index contributed by atoms with van der Waals surface area (Å²) in [5, 5.41) is 7.34. The minimum atomic E-state index is -4.78. The smallest absolute Gasteiger partial charge is 0.406 e. The van der Waals surface area contributed by atoms with Crippen LogP contribution in [0.1, 0.15) is 21.8 Å². The van der Waals surface area contributed by atoms with Crippen LogP contribution in [0.3, 0.4) is 0 Å². The predicted molar refractivity (Wildman–Crippen MR) is 109 cm³/mol. The van der Waals surface area contributed by atoms with Gasteiger partial charge in [-0.05, 0) is 31.2 Å². The second kappa shape index (κ2) is 8.55. The van der Waals surface area contributed by atoms with Crippen molar-refractivity contribution in [1.82, 2.24) is 15.1 Å². The molecular weight excluding hydrogens is 453 g/mol. The molecule has 3 heterocycles. The van der Waals surface area contributed by atoms with Crippen LogP contribution >= 0.6 is 23.1 Å². The second-order valence-corrected chi connectivity index (χ2v) is 8.22. The molecule has 4 rings (SSSR count). The summed E-state index contributed by atoms with van der Waals surface area (Å²) in [7, 11) is 0. The first kappa shape index (κ1) is 21.1. The lowest BCUT2D eigenvalue weighted by Gasteiger charge is -2.07. The Morgan fingerprint density at radius 1 is 1.29 bits per heavy atom. The zero-order chi connectivity index (χ0) is 22.0. The Hall–Kier alpha value is -3.12. The third-order valence-corrected chi connectivity index (χ3v) is 5.84. The molecule has 0 bridgehead atoms. The predicted octanol–water partition coefficient (Wildman–Crippen LogP) is 5.43. The van der Waals surface area contributed by atoms with E-state index in [0.717, 1.165) is 17.0 Å². The molecule has 0 radical (unpaired) electrons. The monoisotopic (exact) mass is 466 g/mol. The number of aryl methyl sites for hydroxylation is 1. The van der Waals surface area contributed by atoms with Crippen molar-refractivity contribution in [2.75, 3.05) is 5.32 Å². The van der Waals surface area contributed by atoms with Gasteiger partial charge >= 0.3 is 6.36 Å². The summed E-state index contributed by atoms with van der Waals surface area (Å²) >= 11 is 2.37. The highest BCUT2D eigenvalue weighted by Gasteiger charge is 2.31. The normalized spacial score (nSPS) is 11.6. The maximum absolute atomic E-state index is 12.8. The number of rotatable bonds is 6. The number of carbonyl (C=O) groups excluding carboxylic acids is 1. The number of amides is 1. The lowest BCUT2D eigenvalue weighted by molar-refractivity contribution is -0.274. The summed E-state index contributed by atoms with van der Waals surface area (Å²) in [6.07, 6.45) is -3.21. The third-order valence-electron chi connectivity index (χ3n) is 3.86. The highest BCUT2D eigenvalue weighted by Crippen LogP contribution is 2.32. The molecule has 4 aromatic rings. The summed E-state index contributed by atoms with van der Waals surface area (Å²) in [4.78, 5) is 21.3. The third kappa shape index (κ3) is 5.33. The molecule has 0 saturated carbocycles. The molecule has 31 heavy (non-hydrogen) atoms. The number of halogens is 3. The van der Waals surface area contributed by atoms with Crippen molar-refractivity contribution in [3.05, 3.63) is 59.6 Å². The number of thioether (sulfide) groups is 1. The highest BCUT2D eigenvalue weighted by atomic mass is 32.2. The van der Waals surface area contributed by atoms with Crippen LogP contribution in [-0.4, -0.2) is 27.4 Å². The van der Waals surface area contributed by atoms with E-state index in [2.05, 4.69) is 25.2 Å². The Kier molecular flexibility index (Phi) is 5.83. The Morgan fingerprint density at radius 3 is 2.87 bits per heavy atom. The fourth-order valence-electron chi connectivity index (χ4n) is 2.63. The van der Waals surface area contributed by atoms with Crippen LogP contribution in [0.2, 0.25) is 0 Å². The van der Waals surface area contributed by atoms with Gasteiger partial charge in [-0.2, -0.15) is 0 Å². The minimum absolute atomic E-state index is 0.246. The number of aromatic nitrogens is 3. The second-order valence-electron chi connectivity index (χ2n) is 6.22. The van der Waals surface area contributed by atoms with E-state index in [1.807, 2.05) is 0 Å². The molecule has 160 valence electrons. The van der Waals surface area contributed by atoms with Crippen LogP contribution in [0, 0.1) is 6.92 Å². The fraction of sp³-hybridized carbons (Fsp3) is 0.158. The van der Waals surface area contributed by atoms with Gasteiger partial charge in [-0.25, -0.2) is 9.97 Å². The van der Waals surface area contributed by atoms with Crippen molar-refractivity contribution in [3.8, 4) is 5.75 Å². The molecule has 0 aliphatic rings. The molecule has 0 atom stereocenters. The van der Waals surface area contributed by atoms with Crippen molar-refractivity contribution in [2.45, 2.75) is 24.1 Å². The molecule has 1 N–H and O–H groups in total. The van der Waals surface area contributed by atoms with Crippen molar-refractivity contribution in [3.63, 3.8) is 0 Å². The largest absolute Gasteiger partial charge is 0.573 e. The van der Waals surface area contributed by atoms with E-state index in [4.69, 9.17) is 4.52 Å². The van der Waals surface area contributed by atoms with Gasteiger partial charge in [0.05, 0.1) is 21.5 Å². The van der Waals surface area contributed by atoms with Crippen molar-refractivity contribution >= 4 is 44.4 Å². The van der Waals surface area contributed by atoms with Crippen molar-refractivity contribution < 1.29 is 27.2 Å². The number of carbonyl (C=O) groups is 1. The molecule has 0 unspecified atom stereocenters. The zero-order valence-corrected chi connectivity index (χ0v) is 17.4. The van der Waals surface area contributed by atoms with Gasteiger partial charge in [0.1, 0.15) is 16.5 Å². The molecule has 0 spiro atoms.